The molecule has 1 unspecified atom stereocenters. The van der Waals surface area contributed by atoms with Crippen LogP contribution in [0.5, 0.6) is 5.75 Å². The zero-order chi connectivity index (χ0) is 21.3. The Morgan fingerprint density at radius 2 is 1.93 bits per heavy atom. The van der Waals surface area contributed by atoms with Gasteiger partial charge in [-0.3, -0.25) is 19.5 Å². The zero-order valence-corrected chi connectivity index (χ0v) is 15.5. The molecular formula is C20H17F3N2O4. The molecule has 0 radical (unpaired) electrons. The number of Topliss-reactive ketones (excluding diaryl/α,β-unsaturated/α-hetero) is 1. The van der Waals surface area contributed by atoms with Crippen molar-refractivity contribution in [2.24, 2.45) is 5.92 Å². The van der Waals surface area contributed by atoms with Gasteiger partial charge in [0.05, 0.1) is 11.3 Å². The minimum Gasteiger partial charge on any atom is -0.503 e. The lowest BCUT2D eigenvalue weighted by Gasteiger charge is -2.27. The molecule has 1 aromatic heterocycles. The monoisotopic (exact) mass is 406 g/mol. The van der Waals surface area contributed by atoms with Crippen LogP contribution in [0.25, 0.3) is 0 Å². The van der Waals surface area contributed by atoms with E-state index in [1.54, 1.807) is 32.0 Å². The third-order valence-electron chi connectivity index (χ3n) is 4.30. The number of aromatic nitrogens is 1. The van der Waals surface area contributed by atoms with Crippen molar-refractivity contribution in [2.75, 3.05) is 4.90 Å². The summed E-state index contributed by atoms with van der Waals surface area (Å²) in [4.78, 5) is 30.7. The molecule has 6 nitrogen and oxygen atoms in total. The van der Waals surface area contributed by atoms with Crippen LogP contribution in [-0.2, 0) is 9.59 Å². The molecule has 2 heterocycles. The quantitative estimate of drug-likeness (QED) is 0.809. The highest BCUT2D eigenvalue weighted by molar-refractivity contribution is 6.16. The number of halogens is 3. The molecule has 152 valence electrons. The second-order valence-electron chi connectivity index (χ2n) is 6.66. The number of aliphatic hydroxyl groups excluding tert-OH is 1. The van der Waals surface area contributed by atoms with Gasteiger partial charge in [0.25, 0.3) is 5.91 Å². The Morgan fingerprint density at radius 3 is 2.52 bits per heavy atom. The molecule has 0 aliphatic carbocycles. The second-order valence-corrected chi connectivity index (χ2v) is 6.66. The molecule has 1 amide bonds. The maximum absolute atomic E-state index is 12.8. The molecule has 3 rings (SSSR count). The van der Waals surface area contributed by atoms with E-state index in [1.807, 2.05) is 0 Å². The van der Waals surface area contributed by atoms with Gasteiger partial charge in [0, 0.05) is 23.9 Å². The predicted octanol–water partition coefficient (Wildman–Crippen LogP) is 4.11. The van der Waals surface area contributed by atoms with Crippen LogP contribution in [0.15, 0.2) is 60.0 Å². The Morgan fingerprint density at radius 1 is 1.21 bits per heavy atom. The van der Waals surface area contributed by atoms with E-state index in [0.29, 0.717) is 0 Å². The molecule has 0 spiro atoms. The SMILES string of the molecule is CC(C)C(=O)C1=C(O)C(=O)N(c2cccc(OC(F)(F)F)c2)C1c1ccccn1. The van der Waals surface area contributed by atoms with E-state index in [-0.39, 0.29) is 17.0 Å². The normalized spacial score (nSPS) is 17.2. The Balaban J connectivity index is 2.12. The number of pyridine rings is 1. The number of ether oxygens (including phenoxy) is 1. The summed E-state index contributed by atoms with van der Waals surface area (Å²) in [5.41, 5.74) is 0.160. The van der Waals surface area contributed by atoms with E-state index in [2.05, 4.69) is 9.72 Å². The van der Waals surface area contributed by atoms with Crippen molar-refractivity contribution in [3.8, 4) is 5.75 Å². The summed E-state index contributed by atoms with van der Waals surface area (Å²) in [7, 11) is 0. The average molecular weight is 406 g/mol. The first kappa shape index (κ1) is 20.4. The average Bonchev–Trinajstić information content (AvgIpc) is 2.92. The molecule has 0 bridgehead atoms. The summed E-state index contributed by atoms with van der Waals surface area (Å²) < 4.78 is 41.7. The Hall–Kier alpha value is -3.36. The van der Waals surface area contributed by atoms with E-state index in [9.17, 15) is 27.9 Å². The Kier molecular flexibility index (Phi) is 5.32. The minimum absolute atomic E-state index is 0.0190. The maximum atomic E-state index is 12.8. The first-order chi connectivity index (χ1) is 13.6. The summed E-state index contributed by atoms with van der Waals surface area (Å²) in [6.45, 7) is 3.23. The highest BCUT2D eigenvalue weighted by Crippen LogP contribution is 2.42. The molecule has 0 saturated carbocycles. The lowest BCUT2D eigenvalue weighted by atomic mass is 9.93. The summed E-state index contributed by atoms with van der Waals surface area (Å²) >= 11 is 0. The van der Waals surface area contributed by atoms with Gasteiger partial charge in [-0.15, -0.1) is 13.2 Å². The van der Waals surface area contributed by atoms with Crippen LogP contribution >= 0.6 is 0 Å². The molecule has 1 atom stereocenters. The smallest absolute Gasteiger partial charge is 0.503 e. The van der Waals surface area contributed by atoms with Gasteiger partial charge < -0.3 is 9.84 Å². The molecule has 0 fully saturated rings. The van der Waals surface area contributed by atoms with Crippen molar-refractivity contribution in [3.05, 3.63) is 65.7 Å². The number of alkyl halides is 3. The molecule has 9 heteroatoms. The number of hydrogen-bond acceptors (Lipinski definition) is 5. The number of ketones is 1. The van der Waals surface area contributed by atoms with Crippen LogP contribution in [0.3, 0.4) is 0 Å². The number of benzene rings is 1. The van der Waals surface area contributed by atoms with Crippen LogP contribution < -0.4 is 9.64 Å². The number of nitrogens with zero attached hydrogens (tertiary/aromatic N) is 2. The van der Waals surface area contributed by atoms with Crippen LogP contribution in [-0.4, -0.2) is 28.1 Å². The lowest BCUT2D eigenvalue weighted by molar-refractivity contribution is -0.274. The van der Waals surface area contributed by atoms with Gasteiger partial charge in [-0.1, -0.05) is 26.0 Å². The molecule has 1 aliphatic rings. The van der Waals surface area contributed by atoms with Gasteiger partial charge in [-0.05, 0) is 24.3 Å². The van der Waals surface area contributed by atoms with Crippen molar-refractivity contribution in [1.82, 2.24) is 4.98 Å². The zero-order valence-electron chi connectivity index (χ0n) is 15.5. The molecule has 0 saturated heterocycles. The third kappa shape index (κ3) is 4.08. The van der Waals surface area contributed by atoms with E-state index in [4.69, 9.17) is 0 Å². The molecule has 1 aliphatic heterocycles. The number of carbonyl (C=O) groups is 2. The number of anilines is 1. The second kappa shape index (κ2) is 7.57. The van der Waals surface area contributed by atoms with Crippen molar-refractivity contribution in [2.45, 2.75) is 26.3 Å². The molecule has 2 aromatic rings. The molecule has 1 N–H and O–H groups in total. The third-order valence-corrected chi connectivity index (χ3v) is 4.30. The van der Waals surface area contributed by atoms with Gasteiger partial charge in [0.2, 0.25) is 0 Å². The highest BCUT2D eigenvalue weighted by Gasteiger charge is 2.45. The van der Waals surface area contributed by atoms with E-state index in [1.165, 1.54) is 18.3 Å². The standard InChI is InChI=1S/C20H17F3N2O4/c1-11(2)17(26)15-16(14-8-3-4-9-24-14)25(19(28)18(15)27)12-6-5-7-13(10-12)29-20(21,22)23/h3-11,16,27H,1-2H3. The first-order valence-corrected chi connectivity index (χ1v) is 8.68. The first-order valence-electron chi connectivity index (χ1n) is 8.68. The number of rotatable bonds is 5. The number of hydrogen-bond donors (Lipinski definition) is 1. The van der Waals surface area contributed by atoms with Gasteiger partial charge in [-0.2, -0.15) is 0 Å². The topological polar surface area (TPSA) is 79.7 Å². The van der Waals surface area contributed by atoms with Crippen LogP contribution in [0, 0.1) is 5.92 Å². The fraction of sp³-hybridized carbons (Fsp3) is 0.250. The van der Waals surface area contributed by atoms with Gasteiger partial charge in [0.1, 0.15) is 11.8 Å². The van der Waals surface area contributed by atoms with Gasteiger partial charge >= 0.3 is 6.36 Å². The van der Waals surface area contributed by atoms with E-state index < -0.39 is 41.5 Å². The number of aliphatic hydroxyl groups is 1. The van der Waals surface area contributed by atoms with Gasteiger partial charge in [-0.25, -0.2) is 0 Å². The van der Waals surface area contributed by atoms with Crippen molar-refractivity contribution >= 4 is 17.4 Å². The van der Waals surface area contributed by atoms with Crippen molar-refractivity contribution in [1.29, 1.82) is 0 Å². The predicted molar refractivity (Wildman–Crippen MR) is 97.1 cm³/mol. The fourth-order valence-electron chi connectivity index (χ4n) is 3.08. The molecular weight excluding hydrogens is 389 g/mol. The fourth-order valence-corrected chi connectivity index (χ4v) is 3.08. The van der Waals surface area contributed by atoms with Crippen LogP contribution in [0.4, 0.5) is 18.9 Å². The summed E-state index contributed by atoms with van der Waals surface area (Å²) in [6, 6.07) is 8.51. The van der Waals surface area contributed by atoms with Crippen LogP contribution in [0.1, 0.15) is 25.6 Å². The number of carbonyl (C=O) groups excluding carboxylic acids is 2. The number of amides is 1. The lowest BCUT2D eigenvalue weighted by Crippen LogP contribution is -2.32. The summed E-state index contributed by atoms with van der Waals surface area (Å²) in [6.07, 6.45) is -3.46. The Labute approximate surface area is 164 Å². The summed E-state index contributed by atoms with van der Waals surface area (Å²) in [5.74, 6) is -3.18. The van der Waals surface area contributed by atoms with Crippen molar-refractivity contribution < 1.29 is 32.6 Å². The Bertz CT molecular complexity index is 971. The van der Waals surface area contributed by atoms with E-state index in [0.717, 1.165) is 17.0 Å². The summed E-state index contributed by atoms with van der Waals surface area (Å²) in [5, 5.41) is 10.4. The molecule has 29 heavy (non-hydrogen) atoms. The van der Waals surface area contributed by atoms with Gasteiger partial charge in [0.15, 0.2) is 11.5 Å². The van der Waals surface area contributed by atoms with E-state index >= 15 is 0 Å². The largest absolute Gasteiger partial charge is 0.573 e. The highest BCUT2D eigenvalue weighted by atomic mass is 19.4. The molecule has 1 aromatic carbocycles. The van der Waals surface area contributed by atoms with Crippen LogP contribution in [0.2, 0.25) is 0 Å². The maximum Gasteiger partial charge on any atom is 0.573 e. The minimum atomic E-state index is -4.91. The van der Waals surface area contributed by atoms with Crippen molar-refractivity contribution in [3.63, 3.8) is 0 Å².